The van der Waals surface area contributed by atoms with Crippen LogP contribution in [0, 0.1) is 0 Å². The molecule has 10 aromatic rings. The van der Waals surface area contributed by atoms with Crippen molar-refractivity contribution in [2.24, 2.45) is 0 Å². The summed E-state index contributed by atoms with van der Waals surface area (Å²) < 4.78 is 0. The first-order valence-electron chi connectivity index (χ1n) is 22.2. The molecule has 0 saturated carbocycles. The second kappa shape index (κ2) is 13.4. The van der Waals surface area contributed by atoms with E-state index in [4.69, 9.17) is 0 Å². The summed E-state index contributed by atoms with van der Waals surface area (Å²) in [4.78, 5) is 2.51. The van der Waals surface area contributed by atoms with Crippen LogP contribution in [0.1, 0.15) is 47.2 Å². The highest BCUT2D eigenvalue weighted by molar-refractivity contribution is 6.06. The van der Waals surface area contributed by atoms with E-state index < -0.39 is 5.41 Å². The minimum absolute atomic E-state index is 0.148. The highest BCUT2D eigenvalue weighted by Gasteiger charge is 2.50. The Balaban J connectivity index is 1.13. The molecule has 3 aliphatic carbocycles. The number of nitrogens with zero attached hydrogens (tertiary/aromatic N) is 1. The van der Waals surface area contributed by atoms with Crippen molar-refractivity contribution in [2.75, 3.05) is 4.90 Å². The van der Waals surface area contributed by atoms with Crippen molar-refractivity contribution in [3.8, 4) is 55.6 Å². The van der Waals surface area contributed by atoms with Crippen molar-refractivity contribution in [3.63, 3.8) is 0 Å². The fourth-order valence-corrected chi connectivity index (χ4v) is 11.8. The Morgan fingerprint density at radius 1 is 0.317 bits per heavy atom. The number of hydrogen-bond donors (Lipinski definition) is 0. The molecular weight excluding hydrogens is 759 g/mol. The summed E-state index contributed by atoms with van der Waals surface area (Å²) in [6.07, 6.45) is 0. The van der Waals surface area contributed by atoms with Crippen molar-refractivity contribution >= 4 is 27.8 Å². The average Bonchev–Trinajstić information content (AvgIpc) is 3.73. The van der Waals surface area contributed by atoms with Gasteiger partial charge in [-0.05, 0) is 125 Å². The van der Waals surface area contributed by atoms with Crippen molar-refractivity contribution in [2.45, 2.75) is 24.7 Å². The van der Waals surface area contributed by atoms with E-state index in [1.807, 2.05) is 0 Å². The number of anilines is 3. The van der Waals surface area contributed by atoms with Crippen LogP contribution in [-0.4, -0.2) is 0 Å². The van der Waals surface area contributed by atoms with Gasteiger partial charge in [-0.25, -0.2) is 0 Å². The molecule has 63 heavy (non-hydrogen) atoms. The second-order valence-corrected chi connectivity index (χ2v) is 17.9. The highest BCUT2D eigenvalue weighted by Crippen LogP contribution is 2.63. The molecule has 0 heterocycles. The molecule has 10 aromatic carbocycles. The van der Waals surface area contributed by atoms with Crippen LogP contribution in [0.25, 0.3) is 66.4 Å². The lowest BCUT2D eigenvalue weighted by atomic mass is 9.65. The average molecular weight is 802 g/mol. The highest BCUT2D eigenvalue weighted by atomic mass is 15.1. The van der Waals surface area contributed by atoms with E-state index in [1.54, 1.807) is 0 Å². The van der Waals surface area contributed by atoms with Gasteiger partial charge in [0.05, 0.1) is 11.1 Å². The zero-order valence-electron chi connectivity index (χ0n) is 35.3. The molecule has 0 fully saturated rings. The zero-order chi connectivity index (χ0) is 41.9. The molecule has 1 nitrogen and oxygen atoms in total. The van der Waals surface area contributed by atoms with Gasteiger partial charge in [-0.15, -0.1) is 0 Å². The van der Waals surface area contributed by atoms with Gasteiger partial charge in [0.15, 0.2) is 0 Å². The van der Waals surface area contributed by atoms with E-state index in [0.29, 0.717) is 0 Å². The third-order valence-corrected chi connectivity index (χ3v) is 14.5. The summed E-state index contributed by atoms with van der Waals surface area (Å²) in [5, 5.41) is 2.55. The summed E-state index contributed by atoms with van der Waals surface area (Å²) in [6, 6.07) is 84.3. The van der Waals surface area contributed by atoms with Gasteiger partial charge in [-0.2, -0.15) is 0 Å². The van der Waals surface area contributed by atoms with Gasteiger partial charge in [0.2, 0.25) is 0 Å². The Hall–Kier alpha value is -7.74. The van der Waals surface area contributed by atoms with Crippen LogP contribution in [0.5, 0.6) is 0 Å². The summed E-state index contributed by atoms with van der Waals surface area (Å²) in [7, 11) is 0. The van der Waals surface area contributed by atoms with Crippen molar-refractivity contribution in [1.82, 2.24) is 0 Å². The minimum atomic E-state index is -0.574. The Morgan fingerprint density at radius 2 is 0.825 bits per heavy atom. The van der Waals surface area contributed by atoms with Gasteiger partial charge in [0, 0.05) is 22.4 Å². The molecule has 0 radical (unpaired) electrons. The Labute approximate surface area is 369 Å². The lowest BCUT2D eigenvalue weighted by molar-refractivity contribution is 0.660. The summed E-state index contributed by atoms with van der Waals surface area (Å²) in [5.74, 6) is 0. The van der Waals surface area contributed by atoms with Gasteiger partial charge in [0.1, 0.15) is 0 Å². The fraction of sp³-hybridized carbons (Fsp3) is 0.0645. The second-order valence-electron chi connectivity index (χ2n) is 17.9. The van der Waals surface area contributed by atoms with Gasteiger partial charge in [-0.1, -0.05) is 208 Å². The first kappa shape index (κ1) is 36.0. The molecule has 0 amide bonds. The van der Waals surface area contributed by atoms with Crippen LogP contribution in [0.15, 0.2) is 224 Å². The lowest BCUT2D eigenvalue weighted by Gasteiger charge is -2.36. The fourth-order valence-electron chi connectivity index (χ4n) is 11.8. The molecule has 3 aliphatic rings. The SMILES string of the molecule is CC1(C)c2ccccc2-c2ccc(N(c3ccc4c(c3)-c3ccccc3-c3ccccc3C43c4ccccc4-c4c3ccc3ccccc43)c3ccccc3-c3ccccc3)cc21. The van der Waals surface area contributed by atoms with Crippen LogP contribution < -0.4 is 4.90 Å². The van der Waals surface area contributed by atoms with E-state index >= 15 is 0 Å². The maximum atomic E-state index is 2.51. The van der Waals surface area contributed by atoms with Crippen LogP contribution in [0.3, 0.4) is 0 Å². The Morgan fingerprint density at radius 3 is 1.60 bits per heavy atom. The molecule has 1 atom stereocenters. The predicted octanol–water partition coefficient (Wildman–Crippen LogP) is 16.3. The van der Waals surface area contributed by atoms with Gasteiger partial charge < -0.3 is 4.90 Å². The van der Waals surface area contributed by atoms with E-state index in [9.17, 15) is 0 Å². The van der Waals surface area contributed by atoms with Crippen LogP contribution in [-0.2, 0) is 10.8 Å². The van der Waals surface area contributed by atoms with Gasteiger partial charge in [0.25, 0.3) is 0 Å². The van der Waals surface area contributed by atoms with Crippen molar-refractivity contribution < 1.29 is 0 Å². The molecule has 0 aliphatic heterocycles. The number of para-hydroxylation sites is 1. The van der Waals surface area contributed by atoms with Gasteiger partial charge in [-0.3, -0.25) is 0 Å². The molecule has 1 heteroatoms. The third kappa shape index (κ3) is 4.94. The first-order valence-corrected chi connectivity index (χ1v) is 22.2. The maximum Gasteiger partial charge on any atom is 0.0725 e. The minimum Gasteiger partial charge on any atom is -0.310 e. The molecule has 1 unspecified atom stereocenters. The maximum absolute atomic E-state index is 2.51. The predicted molar refractivity (Wildman–Crippen MR) is 263 cm³/mol. The van der Waals surface area contributed by atoms with Gasteiger partial charge >= 0.3 is 0 Å². The number of rotatable bonds is 4. The van der Waals surface area contributed by atoms with E-state index in [-0.39, 0.29) is 5.41 Å². The molecule has 296 valence electrons. The molecule has 13 rings (SSSR count). The molecule has 0 aromatic heterocycles. The van der Waals surface area contributed by atoms with E-state index in [1.165, 1.54) is 99.8 Å². The van der Waals surface area contributed by atoms with Crippen molar-refractivity contribution in [3.05, 3.63) is 258 Å². The monoisotopic (exact) mass is 801 g/mol. The lowest BCUT2D eigenvalue weighted by Crippen LogP contribution is -2.29. The standard InChI is InChI=1S/C62H43N/c1-61(2)53-28-14-10-26-49(53)50-35-33-43(39-58(50)61)63(59-31-17-13-21-44(59)40-18-4-3-5-19-40)42-34-37-56-52(38-42)47-24-9-8-23-46(47)48-25-11-15-29-54(48)62(56)55-30-16-12-27-51(55)60-45-22-7-6-20-41(45)32-36-57(60)62/h3-39H,1-2H3. The largest absolute Gasteiger partial charge is 0.310 e. The topological polar surface area (TPSA) is 3.24 Å². The first-order chi connectivity index (χ1) is 31.0. The normalized spacial score (nSPS) is 15.7. The number of fused-ring (bicyclic) bond motifs is 17. The molecule has 0 bridgehead atoms. The molecular formula is C62H43N. The van der Waals surface area contributed by atoms with Crippen LogP contribution >= 0.6 is 0 Å². The van der Waals surface area contributed by atoms with Crippen LogP contribution in [0.2, 0.25) is 0 Å². The summed E-state index contributed by atoms with van der Waals surface area (Å²) in [6.45, 7) is 4.75. The zero-order valence-corrected chi connectivity index (χ0v) is 35.3. The van der Waals surface area contributed by atoms with E-state index in [0.717, 1.165) is 17.1 Å². The Kier molecular flexibility index (Phi) is 7.64. The summed E-state index contributed by atoms with van der Waals surface area (Å²) in [5.41, 5.74) is 23.4. The molecule has 0 saturated heterocycles. The van der Waals surface area contributed by atoms with Crippen molar-refractivity contribution in [1.29, 1.82) is 0 Å². The van der Waals surface area contributed by atoms with Crippen LogP contribution in [0.4, 0.5) is 17.1 Å². The third-order valence-electron chi connectivity index (χ3n) is 14.5. The van der Waals surface area contributed by atoms with E-state index in [2.05, 4.69) is 243 Å². The number of hydrogen-bond acceptors (Lipinski definition) is 1. The molecule has 1 spiro atoms. The summed E-state index contributed by atoms with van der Waals surface area (Å²) >= 11 is 0. The molecule has 0 N–H and O–H groups in total. The Bertz CT molecular complexity index is 3500. The quantitative estimate of drug-likeness (QED) is 0.171. The number of benzene rings is 10. The smallest absolute Gasteiger partial charge is 0.0725 e.